The Morgan fingerprint density at radius 1 is 1.17 bits per heavy atom. The molecule has 7 nitrogen and oxygen atoms in total. The lowest BCUT2D eigenvalue weighted by Gasteiger charge is -2.15. The third-order valence-corrected chi connectivity index (χ3v) is 3.07. The number of nitro benzene ring substituents is 1. The zero-order chi connectivity index (χ0) is 16.8. The lowest BCUT2D eigenvalue weighted by Crippen LogP contribution is -2.30. The van der Waals surface area contributed by atoms with Crippen molar-refractivity contribution in [2.45, 2.75) is 13.0 Å². The summed E-state index contributed by atoms with van der Waals surface area (Å²) in [6.07, 6.45) is -0.761. The standard InChI is InChI=1S/C16H16N2O5/c1-11(23-15-8-6-14(22-2)7-9-15)16(19)17-12-4-3-5-13(10-12)18(20)21/h3-11H,1-2H3,(H,17,19)/t11-/m1/s1. The van der Waals surface area contributed by atoms with Gasteiger partial charge in [0.15, 0.2) is 6.10 Å². The largest absolute Gasteiger partial charge is 0.497 e. The molecule has 2 aromatic rings. The molecule has 1 amide bonds. The third kappa shape index (κ3) is 4.44. The van der Waals surface area contributed by atoms with Crippen LogP contribution in [0.1, 0.15) is 6.92 Å². The summed E-state index contributed by atoms with van der Waals surface area (Å²) in [5.74, 6) is 0.805. The zero-order valence-corrected chi connectivity index (χ0v) is 12.7. The predicted molar refractivity (Wildman–Crippen MR) is 84.8 cm³/mol. The van der Waals surface area contributed by atoms with Gasteiger partial charge in [0.05, 0.1) is 12.0 Å². The SMILES string of the molecule is COc1ccc(O[C@H](C)C(=O)Nc2cccc([N+](=O)[O-])c2)cc1. The quantitative estimate of drug-likeness (QED) is 0.653. The van der Waals surface area contributed by atoms with Gasteiger partial charge in [-0.25, -0.2) is 0 Å². The van der Waals surface area contributed by atoms with E-state index < -0.39 is 16.9 Å². The fraction of sp³-hybridized carbons (Fsp3) is 0.188. The summed E-state index contributed by atoms with van der Waals surface area (Å²) < 4.78 is 10.6. The number of hydrogen-bond donors (Lipinski definition) is 1. The van der Waals surface area contributed by atoms with Crippen LogP contribution in [0.2, 0.25) is 0 Å². The number of methoxy groups -OCH3 is 1. The van der Waals surface area contributed by atoms with Gasteiger partial charge < -0.3 is 14.8 Å². The average Bonchev–Trinajstić information content (AvgIpc) is 2.55. The molecule has 7 heteroatoms. The maximum Gasteiger partial charge on any atom is 0.271 e. The Morgan fingerprint density at radius 2 is 1.83 bits per heavy atom. The fourth-order valence-electron chi connectivity index (χ4n) is 1.85. The fourth-order valence-corrected chi connectivity index (χ4v) is 1.85. The number of hydrogen-bond acceptors (Lipinski definition) is 5. The Balaban J connectivity index is 1.99. The topological polar surface area (TPSA) is 90.7 Å². The molecule has 23 heavy (non-hydrogen) atoms. The van der Waals surface area contributed by atoms with Gasteiger partial charge in [0, 0.05) is 17.8 Å². The first kappa shape index (κ1) is 16.3. The molecule has 1 N–H and O–H groups in total. The molecule has 0 unspecified atom stereocenters. The molecule has 0 aromatic heterocycles. The van der Waals surface area contributed by atoms with E-state index in [1.807, 2.05) is 0 Å². The van der Waals surface area contributed by atoms with Crippen LogP contribution in [0, 0.1) is 10.1 Å². The van der Waals surface area contributed by atoms with Gasteiger partial charge in [0.2, 0.25) is 0 Å². The Labute approximate surface area is 133 Å². The lowest BCUT2D eigenvalue weighted by molar-refractivity contribution is -0.384. The molecule has 0 radical (unpaired) electrons. The Kier molecular flexibility index (Phi) is 5.14. The van der Waals surface area contributed by atoms with E-state index in [1.165, 1.54) is 18.2 Å². The Morgan fingerprint density at radius 3 is 2.43 bits per heavy atom. The second-order valence-corrected chi connectivity index (χ2v) is 4.73. The summed E-state index contributed by atoms with van der Waals surface area (Å²) in [4.78, 5) is 22.3. The van der Waals surface area contributed by atoms with E-state index in [0.29, 0.717) is 17.2 Å². The first-order valence-electron chi connectivity index (χ1n) is 6.85. The van der Waals surface area contributed by atoms with Crippen molar-refractivity contribution in [3.63, 3.8) is 0 Å². The van der Waals surface area contributed by atoms with Crippen LogP contribution in [0.15, 0.2) is 48.5 Å². The van der Waals surface area contributed by atoms with Crippen LogP contribution in [0.25, 0.3) is 0 Å². The highest BCUT2D eigenvalue weighted by Gasteiger charge is 2.16. The summed E-state index contributed by atoms with van der Waals surface area (Å²) >= 11 is 0. The summed E-state index contributed by atoms with van der Waals surface area (Å²) in [5, 5.41) is 13.3. The van der Waals surface area contributed by atoms with E-state index in [-0.39, 0.29) is 5.69 Å². The molecule has 0 aliphatic carbocycles. The zero-order valence-electron chi connectivity index (χ0n) is 12.7. The van der Waals surface area contributed by atoms with Crippen molar-refractivity contribution in [3.05, 3.63) is 58.6 Å². The third-order valence-electron chi connectivity index (χ3n) is 3.07. The molecular weight excluding hydrogens is 300 g/mol. The number of benzene rings is 2. The minimum atomic E-state index is -0.761. The van der Waals surface area contributed by atoms with E-state index in [1.54, 1.807) is 44.4 Å². The number of non-ortho nitro benzene ring substituents is 1. The molecule has 2 rings (SSSR count). The summed E-state index contributed by atoms with van der Waals surface area (Å²) in [7, 11) is 1.56. The van der Waals surface area contributed by atoms with Crippen molar-refractivity contribution < 1.29 is 19.2 Å². The van der Waals surface area contributed by atoms with Crippen molar-refractivity contribution in [3.8, 4) is 11.5 Å². The molecule has 0 bridgehead atoms. The average molecular weight is 316 g/mol. The molecule has 0 aliphatic heterocycles. The minimum Gasteiger partial charge on any atom is -0.497 e. The number of ether oxygens (including phenoxy) is 2. The van der Waals surface area contributed by atoms with Gasteiger partial charge in [-0.15, -0.1) is 0 Å². The number of nitro groups is 1. The van der Waals surface area contributed by atoms with E-state index in [4.69, 9.17) is 9.47 Å². The number of amides is 1. The maximum absolute atomic E-state index is 12.1. The highest BCUT2D eigenvalue weighted by Crippen LogP contribution is 2.20. The van der Waals surface area contributed by atoms with Crippen LogP contribution in [0.4, 0.5) is 11.4 Å². The number of nitrogens with one attached hydrogen (secondary N) is 1. The highest BCUT2D eigenvalue weighted by molar-refractivity contribution is 5.94. The van der Waals surface area contributed by atoms with E-state index in [9.17, 15) is 14.9 Å². The van der Waals surface area contributed by atoms with Crippen molar-refractivity contribution >= 4 is 17.3 Å². The summed E-state index contributed by atoms with van der Waals surface area (Å²) in [5.41, 5.74) is 0.251. The van der Waals surface area contributed by atoms with Gasteiger partial charge in [-0.3, -0.25) is 14.9 Å². The van der Waals surface area contributed by atoms with Crippen molar-refractivity contribution in [1.29, 1.82) is 0 Å². The van der Waals surface area contributed by atoms with Crippen LogP contribution >= 0.6 is 0 Å². The summed E-state index contributed by atoms with van der Waals surface area (Å²) in [6.45, 7) is 1.59. The second-order valence-electron chi connectivity index (χ2n) is 4.73. The molecule has 0 heterocycles. The molecule has 0 saturated carbocycles. The molecular formula is C16H16N2O5. The van der Waals surface area contributed by atoms with Crippen LogP contribution in [-0.4, -0.2) is 24.0 Å². The maximum atomic E-state index is 12.1. The first-order valence-corrected chi connectivity index (χ1v) is 6.85. The molecule has 0 saturated heterocycles. The normalized spacial score (nSPS) is 11.4. The summed E-state index contributed by atoms with van der Waals surface area (Å²) in [6, 6.07) is 12.5. The van der Waals surface area contributed by atoms with Crippen molar-refractivity contribution in [2.75, 3.05) is 12.4 Å². The van der Waals surface area contributed by atoms with Gasteiger partial charge in [0.1, 0.15) is 11.5 Å². The van der Waals surface area contributed by atoms with Gasteiger partial charge >= 0.3 is 0 Å². The number of carbonyl (C=O) groups is 1. The van der Waals surface area contributed by atoms with Gasteiger partial charge in [-0.05, 0) is 37.3 Å². The van der Waals surface area contributed by atoms with Crippen LogP contribution in [0.3, 0.4) is 0 Å². The van der Waals surface area contributed by atoms with Crippen molar-refractivity contribution in [1.82, 2.24) is 0 Å². The number of anilines is 1. The molecule has 0 fully saturated rings. The van der Waals surface area contributed by atoms with Crippen molar-refractivity contribution in [2.24, 2.45) is 0 Å². The van der Waals surface area contributed by atoms with Crippen LogP contribution < -0.4 is 14.8 Å². The molecule has 0 spiro atoms. The van der Waals surface area contributed by atoms with Gasteiger partial charge in [-0.2, -0.15) is 0 Å². The second kappa shape index (κ2) is 7.26. The number of rotatable bonds is 6. The van der Waals surface area contributed by atoms with Crippen LogP contribution in [0.5, 0.6) is 11.5 Å². The van der Waals surface area contributed by atoms with E-state index in [2.05, 4.69) is 5.32 Å². The first-order chi connectivity index (χ1) is 11.0. The lowest BCUT2D eigenvalue weighted by atomic mass is 10.2. The van der Waals surface area contributed by atoms with Crippen LogP contribution in [-0.2, 0) is 4.79 Å². The molecule has 1 atom stereocenters. The Hall–Kier alpha value is -3.09. The molecule has 120 valence electrons. The minimum absolute atomic E-state index is 0.0912. The predicted octanol–water partition coefficient (Wildman–Crippen LogP) is 3.01. The smallest absolute Gasteiger partial charge is 0.271 e. The van der Waals surface area contributed by atoms with E-state index in [0.717, 1.165) is 0 Å². The van der Waals surface area contributed by atoms with Gasteiger partial charge in [0.25, 0.3) is 11.6 Å². The molecule has 0 aliphatic rings. The highest BCUT2D eigenvalue weighted by atomic mass is 16.6. The monoisotopic (exact) mass is 316 g/mol. The molecule has 2 aromatic carbocycles. The Bertz CT molecular complexity index is 700. The number of carbonyl (C=O) groups excluding carboxylic acids is 1. The van der Waals surface area contributed by atoms with E-state index >= 15 is 0 Å². The number of nitrogens with zero attached hydrogens (tertiary/aromatic N) is 1. The van der Waals surface area contributed by atoms with Gasteiger partial charge in [-0.1, -0.05) is 6.07 Å².